The minimum atomic E-state index is -2.65. The zero-order chi connectivity index (χ0) is 21.0. The number of esters is 1. The fourth-order valence-electron chi connectivity index (χ4n) is 4.31. The average Bonchev–Trinajstić information content (AvgIpc) is 3.12. The van der Waals surface area contributed by atoms with Crippen molar-refractivity contribution in [2.75, 3.05) is 6.54 Å². The van der Waals surface area contributed by atoms with Crippen LogP contribution in [0.3, 0.4) is 0 Å². The van der Waals surface area contributed by atoms with Gasteiger partial charge in [0.25, 0.3) is 5.79 Å². The molecule has 4 atom stereocenters. The first-order chi connectivity index (χ1) is 13.7. The molecule has 154 valence electrons. The van der Waals surface area contributed by atoms with Crippen molar-refractivity contribution in [3.8, 4) is 0 Å². The molecule has 1 fully saturated rings. The van der Waals surface area contributed by atoms with Crippen LogP contribution in [0.4, 0.5) is 0 Å². The topological polar surface area (TPSA) is 197 Å². The Morgan fingerprint density at radius 2 is 1.97 bits per heavy atom. The molecular weight excluding hydrogens is 384 g/mol. The Morgan fingerprint density at radius 3 is 2.62 bits per heavy atom. The average molecular weight is 406 g/mol. The first-order valence-corrected chi connectivity index (χ1v) is 8.93. The lowest BCUT2D eigenvalue weighted by Crippen LogP contribution is -2.91. The fourth-order valence-corrected chi connectivity index (χ4v) is 4.31. The molecule has 1 unspecified atom stereocenters. The van der Waals surface area contributed by atoms with E-state index in [9.17, 15) is 24.9 Å². The molecule has 3 heterocycles. The maximum atomic E-state index is 12.5. The smallest absolute Gasteiger partial charge is 0.347 e. The number of hydrogen-bond donors (Lipinski definition) is 8. The van der Waals surface area contributed by atoms with Crippen molar-refractivity contribution in [3.63, 3.8) is 0 Å². The number of carboxylic acid groups (broad SMARTS) is 1. The van der Waals surface area contributed by atoms with Crippen molar-refractivity contribution >= 4 is 23.9 Å². The second kappa shape index (κ2) is 6.32. The second-order valence-corrected chi connectivity index (χ2v) is 7.26. The molecule has 1 aromatic rings. The molecule has 0 aromatic heterocycles. The van der Waals surface area contributed by atoms with Crippen LogP contribution in [0, 0.1) is 0 Å². The number of aliphatic carboxylic acids is 1. The van der Waals surface area contributed by atoms with Crippen LogP contribution in [0.15, 0.2) is 30.3 Å². The zero-order valence-corrected chi connectivity index (χ0v) is 15.2. The van der Waals surface area contributed by atoms with Crippen molar-refractivity contribution in [2.45, 2.75) is 36.1 Å². The molecule has 3 aliphatic heterocycles. The fraction of sp³-hybridized carbons (Fsp3) is 0.412. The first kappa shape index (κ1) is 19.0. The van der Waals surface area contributed by atoms with Gasteiger partial charge in [-0.05, 0) is 12.1 Å². The van der Waals surface area contributed by atoms with Gasteiger partial charge in [-0.3, -0.25) is 26.6 Å². The van der Waals surface area contributed by atoms with Gasteiger partial charge in [0.2, 0.25) is 0 Å². The van der Waals surface area contributed by atoms with Crippen LogP contribution < -0.4 is 27.1 Å². The third-order valence-corrected chi connectivity index (χ3v) is 5.55. The standard InChI is InChI=1S/C17H20N6O6/c18-14-21-12-9(6-11(24)25)20-15(19)23-7-10(17(27,28)16(12,23)22-14)29-13(26)8-4-2-1-3-5-8/h1-5,9-10,12,27-28H,6-7H2,(H6,18,19,20,21,22,24,25)/p+2/t9?,10-,12-,16-/m0/s1. The largest absolute Gasteiger partial charge is 0.481 e. The van der Waals surface area contributed by atoms with Crippen LogP contribution in [-0.2, 0) is 9.53 Å². The Bertz CT molecular complexity index is 932. The monoisotopic (exact) mass is 406 g/mol. The van der Waals surface area contributed by atoms with Gasteiger partial charge in [-0.25, -0.2) is 14.7 Å². The summed E-state index contributed by atoms with van der Waals surface area (Å²) in [7, 11) is 0. The number of ether oxygens (including phenoxy) is 1. The predicted octanol–water partition coefficient (Wildman–Crippen LogP) is -5.26. The summed E-state index contributed by atoms with van der Waals surface area (Å²) in [6.07, 6.45) is -1.77. The molecule has 29 heavy (non-hydrogen) atoms. The van der Waals surface area contributed by atoms with Crippen LogP contribution >= 0.6 is 0 Å². The van der Waals surface area contributed by atoms with Gasteiger partial charge in [-0.2, -0.15) is 0 Å². The van der Waals surface area contributed by atoms with Crippen molar-refractivity contribution < 1.29 is 39.2 Å². The molecule has 12 heteroatoms. The highest BCUT2D eigenvalue weighted by Gasteiger charge is 2.79. The van der Waals surface area contributed by atoms with E-state index in [1.54, 1.807) is 18.2 Å². The van der Waals surface area contributed by atoms with Gasteiger partial charge in [-0.1, -0.05) is 18.2 Å². The lowest BCUT2D eigenvalue weighted by Gasteiger charge is -2.40. The predicted molar refractivity (Wildman–Crippen MR) is 96.1 cm³/mol. The highest BCUT2D eigenvalue weighted by atomic mass is 16.6. The van der Waals surface area contributed by atoms with Crippen molar-refractivity contribution in [1.82, 2.24) is 10.6 Å². The van der Waals surface area contributed by atoms with E-state index in [0.29, 0.717) is 0 Å². The van der Waals surface area contributed by atoms with Gasteiger partial charge in [0.1, 0.15) is 12.6 Å². The van der Waals surface area contributed by atoms with Crippen molar-refractivity contribution in [1.29, 1.82) is 0 Å². The molecule has 0 amide bonds. The maximum Gasteiger partial charge on any atom is 0.347 e. The highest BCUT2D eigenvalue weighted by Crippen LogP contribution is 2.39. The number of carboxylic acids is 1. The second-order valence-electron chi connectivity index (χ2n) is 7.26. The van der Waals surface area contributed by atoms with Crippen molar-refractivity contribution in [2.24, 2.45) is 11.5 Å². The summed E-state index contributed by atoms with van der Waals surface area (Å²) in [6.45, 7) is -0.164. The molecule has 0 radical (unpaired) electrons. The highest BCUT2D eigenvalue weighted by molar-refractivity contribution is 5.89. The van der Waals surface area contributed by atoms with E-state index in [2.05, 4.69) is 15.6 Å². The molecule has 0 bridgehead atoms. The van der Waals surface area contributed by atoms with Crippen molar-refractivity contribution in [3.05, 3.63) is 35.9 Å². The van der Waals surface area contributed by atoms with Gasteiger partial charge in [0.15, 0.2) is 12.1 Å². The summed E-state index contributed by atoms with van der Waals surface area (Å²) in [5.74, 6) is -4.50. The number of nitrogens with one attached hydrogen (secondary N) is 3. The number of nitrogens with two attached hydrogens (primary N) is 2. The molecule has 0 aliphatic carbocycles. The summed E-state index contributed by atoms with van der Waals surface area (Å²) >= 11 is 0. The molecule has 12 nitrogen and oxygen atoms in total. The van der Waals surface area contributed by atoms with Crippen LogP contribution in [-0.4, -0.2) is 79.9 Å². The lowest BCUT2D eigenvalue weighted by atomic mass is 9.85. The summed E-state index contributed by atoms with van der Waals surface area (Å²) in [4.78, 5) is 26.6. The quantitative estimate of drug-likeness (QED) is 0.136. The molecule has 3 aliphatic rings. The number of nitrogens with zero attached hydrogens (tertiary/aromatic N) is 1. The van der Waals surface area contributed by atoms with E-state index < -0.39 is 41.6 Å². The lowest BCUT2D eigenvalue weighted by molar-refractivity contribution is -0.674. The van der Waals surface area contributed by atoms with Gasteiger partial charge < -0.3 is 20.1 Å². The maximum absolute atomic E-state index is 12.5. The Labute approximate surface area is 164 Å². The third-order valence-electron chi connectivity index (χ3n) is 5.55. The first-order valence-electron chi connectivity index (χ1n) is 8.93. The Kier molecular flexibility index (Phi) is 4.13. The SMILES string of the molecule is NC1=[NH+][C@H]2C(CC(=O)O)NC(N)=[N+]3C[C@H](OC(=O)c4ccccc4)C(O)(O)[C@]23N1. The summed E-state index contributed by atoms with van der Waals surface area (Å²) < 4.78 is 6.78. The molecular formula is C17H22N6O6+2. The molecule has 4 rings (SSSR count). The number of benzene rings is 1. The Balaban J connectivity index is 1.71. The summed E-state index contributed by atoms with van der Waals surface area (Å²) in [5.41, 5.74) is 10.4. The van der Waals surface area contributed by atoms with Gasteiger partial charge in [0.05, 0.1) is 12.0 Å². The van der Waals surface area contributed by atoms with Crippen LogP contribution in [0.1, 0.15) is 16.8 Å². The molecule has 1 saturated heterocycles. The van der Waals surface area contributed by atoms with E-state index in [1.807, 2.05) is 0 Å². The minimum Gasteiger partial charge on any atom is -0.481 e. The molecule has 0 saturated carbocycles. The summed E-state index contributed by atoms with van der Waals surface area (Å²) in [5, 5.41) is 37.1. The molecule has 1 spiro atoms. The number of guanidine groups is 2. The van der Waals surface area contributed by atoms with Crippen LogP contribution in [0.2, 0.25) is 0 Å². The Morgan fingerprint density at radius 1 is 1.28 bits per heavy atom. The minimum absolute atomic E-state index is 0.00207. The summed E-state index contributed by atoms with van der Waals surface area (Å²) in [6, 6.07) is 6.38. The van der Waals surface area contributed by atoms with Gasteiger partial charge >= 0.3 is 29.5 Å². The third kappa shape index (κ3) is 2.68. The van der Waals surface area contributed by atoms with E-state index >= 15 is 0 Å². The number of aliphatic hydroxyl groups is 2. The van der Waals surface area contributed by atoms with Crippen LogP contribution in [0.25, 0.3) is 0 Å². The zero-order valence-electron chi connectivity index (χ0n) is 15.2. The number of rotatable bonds is 4. The number of carbonyl (C=O) groups is 2. The number of hydrogen-bond acceptors (Lipinski definition) is 9. The van der Waals surface area contributed by atoms with Crippen LogP contribution in [0.5, 0.6) is 0 Å². The number of carbonyl (C=O) groups excluding carboxylic acids is 1. The molecule has 1 aromatic carbocycles. The normalized spacial score (nSPS) is 31.8. The van der Waals surface area contributed by atoms with E-state index in [-0.39, 0.29) is 30.4 Å². The Hall–Kier alpha value is -3.38. The van der Waals surface area contributed by atoms with E-state index in [1.165, 1.54) is 16.7 Å². The van der Waals surface area contributed by atoms with E-state index in [4.69, 9.17) is 16.2 Å². The van der Waals surface area contributed by atoms with E-state index in [0.717, 1.165) is 0 Å². The van der Waals surface area contributed by atoms with Gasteiger partial charge in [-0.15, -0.1) is 0 Å². The molecule has 10 N–H and O–H groups in total. The van der Waals surface area contributed by atoms with Gasteiger partial charge in [0, 0.05) is 0 Å².